The number of nitrogens with one attached hydrogen (secondary N) is 2. The molecule has 2 fully saturated rings. The predicted molar refractivity (Wildman–Crippen MR) is 175 cm³/mol. The number of nitrogens with zero attached hydrogens (tertiary/aromatic N) is 4. The Morgan fingerprint density at radius 3 is 2.61 bits per heavy atom. The van der Waals surface area contributed by atoms with Crippen molar-refractivity contribution >= 4 is 28.8 Å². The molecule has 0 radical (unpaired) electrons. The number of aliphatic imine (C=N–C) groups is 1. The number of piperazine rings is 1. The zero-order valence-corrected chi connectivity index (χ0v) is 26.7. The van der Waals surface area contributed by atoms with Gasteiger partial charge >= 0.3 is 0 Å². The number of hydrogen-bond donors (Lipinski definition) is 2. The molecule has 44 heavy (non-hydrogen) atoms. The van der Waals surface area contributed by atoms with Crippen molar-refractivity contribution in [1.82, 2.24) is 15.1 Å². The molecule has 0 spiro atoms. The van der Waals surface area contributed by atoms with Crippen LogP contribution in [0.25, 0.3) is 5.57 Å². The molecule has 2 aromatic carbocycles. The summed E-state index contributed by atoms with van der Waals surface area (Å²) in [7, 11) is 1.76. The number of rotatable bonds is 4. The van der Waals surface area contributed by atoms with E-state index in [0.29, 0.717) is 41.1 Å². The molecule has 9 heteroatoms. The molecule has 2 aromatic rings. The van der Waals surface area contributed by atoms with E-state index in [1.165, 1.54) is 37.0 Å². The quantitative estimate of drug-likeness (QED) is 0.451. The second-order valence-electron chi connectivity index (χ2n) is 13.2. The summed E-state index contributed by atoms with van der Waals surface area (Å²) >= 11 is 0. The number of ether oxygens (including phenoxy) is 1. The number of guanidine groups is 1. The van der Waals surface area contributed by atoms with Crippen LogP contribution in [0.15, 0.2) is 47.3 Å². The van der Waals surface area contributed by atoms with Crippen molar-refractivity contribution < 1.29 is 13.9 Å². The highest BCUT2D eigenvalue weighted by Gasteiger charge is 2.31. The number of carbonyl (C=O) groups excluding carboxylic acids is 1. The minimum atomic E-state index is -0.413. The summed E-state index contributed by atoms with van der Waals surface area (Å²) in [6.45, 7) is 13.0. The molecule has 3 atom stereocenters. The first-order valence-corrected chi connectivity index (χ1v) is 16.4. The van der Waals surface area contributed by atoms with Crippen molar-refractivity contribution in [3.8, 4) is 0 Å². The van der Waals surface area contributed by atoms with E-state index < -0.39 is 11.7 Å². The van der Waals surface area contributed by atoms with Gasteiger partial charge in [-0.2, -0.15) is 4.99 Å². The molecule has 8 nitrogen and oxygen atoms in total. The lowest BCUT2D eigenvalue weighted by molar-refractivity contribution is 0.0924. The molecule has 236 valence electrons. The molecule has 1 saturated heterocycles. The Labute approximate surface area is 261 Å². The fraction of sp³-hybridized carbons (Fsp3) is 0.543. The Morgan fingerprint density at radius 2 is 1.86 bits per heavy atom. The number of fused-ring (bicyclic) bond motifs is 5. The van der Waals surface area contributed by atoms with E-state index in [1.807, 2.05) is 0 Å². The number of hydrogen-bond acceptors (Lipinski definition) is 7. The van der Waals surface area contributed by atoms with Crippen molar-refractivity contribution in [3.63, 3.8) is 0 Å². The average Bonchev–Trinajstić information content (AvgIpc) is 3.60. The number of amides is 1. The Kier molecular flexibility index (Phi) is 9.23. The minimum Gasteiger partial charge on any atom is -0.479 e. The zero-order valence-electron chi connectivity index (χ0n) is 26.7. The molecule has 1 amide bonds. The Morgan fingerprint density at radius 1 is 1.05 bits per heavy atom. The highest BCUT2D eigenvalue weighted by atomic mass is 19.1. The highest BCUT2D eigenvalue weighted by Crippen LogP contribution is 2.36. The van der Waals surface area contributed by atoms with Crippen molar-refractivity contribution in [2.75, 3.05) is 56.6 Å². The molecule has 0 aromatic heterocycles. The van der Waals surface area contributed by atoms with Crippen LogP contribution in [-0.2, 0) is 11.3 Å². The van der Waals surface area contributed by atoms with Gasteiger partial charge in [0.05, 0.1) is 18.0 Å². The second kappa shape index (κ2) is 13.3. The van der Waals surface area contributed by atoms with Crippen LogP contribution in [-0.4, -0.2) is 74.1 Å². The van der Waals surface area contributed by atoms with E-state index in [-0.39, 0.29) is 0 Å². The van der Waals surface area contributed by atoms with Gasteiger partial charge in [-0.3, -0.25) is 14.6 Å². The Balaban J connectivity index is 1.23. The van der Waals surface area contributed by atoms with E-state index in [1.54, 1.807) is 20.0 Å². The van der Waals surface area contributed by atoms with Gasteiger partial charge in [-0.1, -0.05) is 19.9 Å². The standard InChI is InChI=1S/C35H47FN6O2/c1-23-7-10-28(18-23)41-15-13-40(14-16-41)22-26-8-12-31-32(19-26)42-21-24(2)6-5-17-44-34(37-4)25(3)29-20-27(9-11-30(29)36)33(43)39-35(42)38-31/h8-9,11-12,19-20,23-24,28,37H,5-7,10,13-18,21-22H2,1-4H3,(H,38,39,43)/b34-25-. The minimum absolute atomic E-state index is 0.325. The SMILES string of the molecule is CN/C1=C(\C)c2cc(ccc2F)C(=O)/N=C2\Nc3ccc(CN4CCN(C5CCC(C)C5)CC4)cc3N2CC(C)CCCO1. The summed E-state index contributed by atoms with van der Waals surface area (Å²) in [5.41, 5.74) is 4.54. The van der Waals surface area contributed by atoms with E-state index in [9.17, 15) is 9.18 Å². The second-order valence-corrected chi connectivity index (χ2v) is 13.2. The number of allylic oxidation sites excluding steroid dienone is 1. The third-order valence-corrected chi connectivity index (χ3v) is 9.83. The zero-order chi connectivity index (χ0) is 30.8. The number of halogens is 1. The number of carbonyl (C=O) groups is 1. The van der Waals surface area contributed by atoms with Crippen LogP contribution in [0.3, 0.4) is 0 Å². The number of anilines is 2. The van der Waals surface area contributed by atoms with Crippen LogP contribution in [0.5, 0.6) is 0 Å². The summed E-state index contributed by atoms with van der Waals surface area (Å²) < 4.78 is 20.9. The van der Waals surface area contributed by atoms with Gasteiger partial charge in [-0.25, -0.2) is 4.39 Å². The largest absolute Gasteiger partial charge is 0.479 e. The summed E-state index contributed by atoms with van der Waals surface area (Å²) in [6.07, 6.45) is 5.86. The predicted octanol–water partition coefficient (Wildman–Crippen LogP) is 5.91. The first-order chi connectivity index (χ1) is 21.3. The van der Waals surface area contributed by atoms with E-state index in [4.69, 9.17) is 4.74 Å². The maximum absolute atomic E-state index is 14.9. The molecule has 2 N–H and O–H groups in total. The summed E-state index contributed by atoms with van der Waals surface area (Å²) in [6, 6.07) is 11.7. The first kappa shape index (κ1) is 30.6. The molecule has 3 aliphatic heterocycles. The molecular weight excluding hydrogens is 555 g/mol. The van der Waals surface area contributed by atoms with Crippen molar-refractivity contribution in [2.24, 2.45) is 16.8 Å². The van der Waals surface area contributed by atoms with E-state index in [2.05, 4.69) is 62.4 Å². The summed E-state index contributed by atoms with van der Waals surface area (Å²) in [5, 5.41) is 6.47. The van der Waals surface area contributed by atoms with Crippen molar-refractivity contribution in [1.29, 1.82) is 0 Å². The third kappa shape index (κ3) is 6.64. The third-order valence-electron chi connectivity index (χ3n) is 9.83. The van der Waals surface area contributed by atoms with Gasteiger partial charge in [0, 0.05) is 69.1 Å². The molecule has 1 aliphatic carbocycles. The molecule has 4 aliphatic rings. The van der Waals surface area contributed by atoms with Crippen LogP contribution >= 0.6 is 0 Å². The monoisotopic (exact) mass is 602 g/mol. The van der Waals surface area contributed by atoms with Gasteiger partial charge in [0.15, 0.2) is 5.88 Å². The molecule has 2 bridgehead atoms. The van der Waals surface area contributed by atoms with E-state index in [0.717, 1.165) is 75.4 Å². The first-order valence-electron chi connectivity index (χ1n) is 16.4. The lowest BCUT2D eigenvalue weighted by Gasteiger charge is -2.38. The van der Waals surface area contributed by atoms with Crippen LogP contribution in [0.1, 0.15) is 74.4 Å². The Hall–Kier alpha value is -3.43. The molecule has 3 heterocycles. The Bertz CT molecular complexity index is 1430. The summed E-state index contributed by atoms with van der Waals surface area (Å²) in [4.78, 5) is 25.5. The molecular formula is C35H47FN6O2. The van der Waals surface area contributed by atoms with Gasteiger partial charge in [0.2, 0.25) is 5.96 Å². The van der Waals surface area contributed by atoms with Crippen molar-refractivity contribution in [2.45, 2.75) is 65.5 Å². The molecule has 6 rings (SSSR count). The maximum Gasteiger partial charge on any atom is 0.280 e. The van der Waals surface area contributed by atoms with Gasteiger partial charge in [-0.15, -0.1) is 0 Å². The van der Waals surface area contributed by atoms with Crippen LogP contribution in [0.2, 0.25) is 0 Å². The topological polar surface area (TPSA) is 72.4 Å². The van der Waals surface area contributed by atoms with Crippen LogP contribution in [0.4, 0.5) is 15.8 Å². The van der Waals surface area contributed by atoms with Gasteiger partial charge < -0.3 is 20.3 Å². The van der Waals surface area contributed by atoms with Gasteiger partial charge in [0.1, 0.15) is 5.82 Å². The summed E-state index contributed by atoms with van der Waals surface area (Å²) in [5.74, 6) is 1.41. The average molecular weight is 603 g/mol. The van der Waals surface area contributed by atoms with Crippen LogP contribution < -0.4 is 15.5 Å². The lowest BCUT2D eigenvalue weighted by atomic mass is 10.0. The van der Waals surface area contributed by atoms with E-state index >= 15 is 0 Å². The maximum atomic E-state index is 14.9. The highest BCUT2D eigenvalue weighted by molar-refractivity contribution is 6.19. The van der Waals surface area contributed by atoms with Gasteiger partial charge in [0.25, 0.3) is 5.91 Å². The van der Waals surface area contributed by atoms with Crippen LogP contribution in [0, 0.1) is 17.7 Å². The molecule has 3 unspecified atom stereocenters. The fourth-order valence-corrected chi connectivity index (χ4v) is 7.24. The number of benzene rings is 2. The van der Waals surface area contributed by atoms with Gasteiger partial charge in [-0.05, 0) is 86.8 Å². The fourth-order valence-electron chi connectivity index (χ4n) is 7.24. The lowest BCUT2D eigenvalue weighted by Crippen LogP contribution is -2.49. The smallest absolute Gasteiger partial charge is 0.280 e. The van der Waals surface area contributed by atoms with Crippen molar-refractivity contribution in [3.05, 3.63) is 64.8 Å². The molecule has 1 saturated carbocycles. The normalized spacial score (nSPS) is 28.2.